The van der Waals surface area contributed by atoms with Gasteiger partial charge >= 0.3 is 0 Å². The van der Waals surface area contributed by atoms with Crippen molar-refractivity contribution in [2.24, 2.45) is 5.10 Å². The van der Waals surface area contributed by atoms with Gasteiger partial charge in [0.2, 0.25) is 11.8 Å². The highest BCUT2D eigenvalue weighted by Gasteiger charge is 2.06. The fraction of sp³-hybridized carbons (Fsp3) is 0.167. The molecule has 2 N–H and O–H groups in total. The molecule has 0 saturated heterocycles. The highest BCUT2D eigenvalue weighted by atomic mass is 35.5. The fourth-order valence-corrected chi connectivity index (χ4v) is 2.28. The second kappa shape index (κ2) is 9.81. The summed E-state index contributed by atoms with van der Waals surface area (Å²) >= 11 is 11.7. The molecule has 7 heteroatoms. The van der Waals surface area contributed by atoms with Crippen molar-refractivity contribution in [1.82, 2.24) is 5.43 Å². The Morgan fingerprint density at radius 1 is 0.960 bits per heavy atom. The van der Waals surface area contributed by atoms with Gasteiger partial charge in [0.1, 0.15) is 0 Å². The van der Waals surface area contributed by atoms with Crippen LogP contribution >= 0.6 is 23.2 Å². The Morgan fingerprint density at radius 2 is 1.68 bits per heavy atom. The van der Waals surface area contributed by atoms with Crippen molar-refractivity contribution in [1.29, 1.82) is 0 Å². The molecule has 0 atom stereocenters. The maximum absolute atomic E-state index is 11.8. The number of rotatable bonds is 7. The van der Waals surface area contributed by atoms with Gasteiger partial charge in [-0.1, -0.05) is 53.5 Å². The molecule has 0 saturated carbocycles. The van der Waals surface area contributed by atoms with E-state index in [0.29, 0.717) is 22.2 Å². The third kappa shape index (κ3) is 6.95. The Bertz CT molecular complexity index is 764. The lowest BCUT2D eigenvalue weighted by Crippen LogP contribution is -2.18. The van der Waals surface area contributed by atoms with E-state index in [-0.39, 0.29) is 24.7 Å². The van der Waals surface area contributed by atoms with Crippen molar-refractivity contribution in [3.8, 4) is 0 Å². The molecule has 5 nitrogen and oxygen atoms in total. The molecule has 0 unspecified atom stereocenters. The third-order valence-corrected chi connectivity index (χ3v) is 3.95. The summed E-state index contributed by atoms with van der Waals surface area (Å²) in [4.78, 5) is 23.5. The summed E-state index contributed by atoms with van der Waals surface area (Å²) in [5, 5.41) is 7.37. The molecule has 0 aliphatic heterocycles. The zero-order valence-corrected chi connectivity index (χ0v) is 14.8. The topological polar surface area (TPSA) is 70.6 Å². The summed E-state index contributed by atoms with van der Waals surface area (Å²) in [7, 11) is 0. The molecule has 0 aromatic heterocycles. The second-order valence-electron chi connectivity index (χ2n) is 5.23. The number of nitrogens with one attached hydrogen (secondary N) is 2. The minimum atomic E-state index is -0.241. The Balaban J connectivity index is 1.67. The lowest BCUT2D eigenvalue weighted by atomic mass is 10.2. The first-order chi connectivity index (χ1) is 12.0. The van der Waals surface area contributed by atoms with Gasteiger partial charge in [-0.15, -0.1) is 0 Å². The fourth-order valence-electron chi connectivity index (χ4n) is 1.98. The molecule has 25 heavy (non-hydrogen) atoms. The highest BCUT2D eigenvalue weighted by Crippen LogP contribution is 2.25. The van der Waals surface area contributed by atoms with E-state index < -0.39 is 0 Å². The number of carbonyl (C=O) groups excluding carboxylic acids is 2. The van der Waals surface area contributed by atoms with Crippen molar-refractivity contribution in [3.05, 3.63) is 64.1 Å². The molecule has 0 heterocycles. The molecule has 2 amide bonds. The predicted molar refractivity (Wildman–Crippen MR) is 101 cm³/mol. The van der Waals surface area contributed by atoms with Crippen LogP contribution < -0.4 is 10.7 Å². The van der Waals surface area contributed by atoms with Crippen LogP contribution in [0, 0.1) is 0 Å². The number of hydrogen-bond acceptors (Lipinski definition) is 3. The summed E-state index contributed by atoms with van der Waals surface area (Å²) < 4.78 is 0. The summed E-state index contributed by atoms with van der Waals surface area (Å²) in [5.41, 5.74) is 3.89. The molecule has 2 aromatic rings. The normalized spacial score (nSPS) is 10.6. The highest BCUT2D eigenvalue weighted by molar-refractivity contribution is 6.42. The average Bonchev–Trinajstić information content (AvgIpc) is 2.59. The van der Waals surface area contributed by atoms with Crippen LogP contribution in [-0.2, 0) is 9.59 Å². The van der Waals surface area contributed by atoms with Crippen LogP contribution in [0.3, 0.4) is 0 Å². The molecule has 0 radical (unpaired) electrons. The number of benzene rings is 2. The van der Waals surface area contributed by atoms with E-state index >= 15 is 0 Å². The van der Waals surface area contributed by atoms with E-state index in [1.807, 2.05) is 30.3 Å². The number of anilines is 1. The van der Waals surface area contributed by atoms with E-state index in [1.54, 1.807) is 24.4 Å². The van der Waals surface area contributed by atoms with Crippen LogP contribution in [0.5, 0.6) is 0 Å². The van der Waals surface area contributed by atoms with Gasteiger partial charge in [0.25, 0.3) is 0 Å². The first-order valence-corrected chi connectivity index (χ1v) is 8.42. The molecule has 0 aliphatic rings. The van der Waals surface area contributed by atoms with Crippen molar-refractivity contribution in [2.45, 2.75) is 19.3 Å². The standard InChI is InChI=1S/C18H17Cl2N3O2/c19-15-10-9-14(11-16(15)20)22-17(24)7-4-8-18(25)23-21-12-13-5-2-1-3-6-13/h1-3,5-6,9-12H,4,7-8H2,(H,22,24)(H,23,25)/b21-12-. The molecular formula is C18H17Cl2N3O2. The van der Waals surface area contributed by atoms with Crippen molar-refractivity contribution in [3.63, 3.8) is 0 Å². The lowest BCUT2D eigenvalue weighted by Gasteiger charge is -2.06. The first kappa shape index (κ1) is 19.0. The number of hydrogen-bond donors (Lipinski definition) is 2. The van der Waals surface area contributed by atoms with Crippen LogP contribution in [0.15, 0.2) is 53.6 Å². The van der Waals surface area contributed by atoms with Crippen molar-refractivity contribution < 1.29 is 9.59 Å². The Morgan fingerprint density at radius 3 is 2.40 bits per heavy atom. The molecule has 2 rings (SSSR count). The van der Waals surface area contributed by atoms with E-state index in [9.17, 15) is 9.59 Å². The maximum Gasteiger partial charge on any atom is 0.240 e. The van der Waals surface area contributed by atoms with Gasteiger partial charge in [0, 0.05) is 18.5 Å². The Labute approximate surface area is 156 Å². The molecular weight excluding hydrogens is 361 g/mol. The molecule has 130 valence electrons. The number of amides is 2. The Hall–Kier alpha value is -2.37. The van der Waals surface area contributed by atoms with Gasteiger partial charge in [-0.05, 0) is 30.2 Å². The largest absolute Gasteiger partial charge is 0.326 e. The van der Waals surface area contributed by atoms with Gasteiger partial charge in [-0.3, -0.25) is 9.59 Å². The summed E-state index contributed by atoms with van der Waals surface area (Å²) in [5.74, 6) is -0.437. The van der Waals surface area contributed by atoms with E-state index in [0.717, 1.165) is 5.56 Å². The minimum Gasteiger partial charge on any atom is -0.326 e. The maximum atomic E-state index is 11.8. The summed E-state index contributed by atoms with van der Waals surface area (Å²) in [6.45, 7) is 0. The molecule has 2 aromatic carbocycles. The van der Waals surface area contributed by atoms with Crippen LogP contribution in [0.2, 0.25) is 10.0 Å². The average molecular weight is 378 g/mol. The van der Waals surface area contributed by atoms with Crippen LogP contribution in [-0.4, -0.2) is 18.0 Å². The van der Waals surface area contributed by atoms with Crippen LogP contribution in [0.1, 0.15) is 24.8 Å². The number of halogens is 2. The van der Waals surface area contributed by atoms with Crippen LogP contribution in [0.25, 0.3) is 0 Å². The summed E-state index contributed by atoms with van der Waals surface area (Å²) in [6.07, 6.45) is 2.41. The number of nitrogens with zero attached hydrogens (tertiary/aromatic N) is 1. The predicted octanol–water partition coefficient (Wildman–Crippen LogP) is 4.25. The lowest BCUT2D eigenvalue weighted by molar-refractivity contribution is -0.121. The third-order valence-electron chi connectivity index (χ3n) is 3.21. The number of carbonyl (C=O) groups is 2. The molecule has 0 spiro atoms. The zero-order chi connectivity index (χ0) is 18.1. The smallest absolute Gasteiger partial charge is 0.240 e. The Kier molecular flexibility index (Phi) is 7.44. The number of hydrazone groups is 1. The molecule has 0 bridgehead atoms. The van der Waals surface area contributed by atoms with Gasteiger partial charge in [0.15, 0.2) is 0 Å². The van der Waals surface area contributed by atoms with Crippen molar-refractivity contribution >= 4 is 46.9 Å². The summed E-state index contributed by atoms with van der Waals surface area (Å²) in [6, 6.07) is 14.3. The van der Waals surface area contributed by atoms with Gasteiger partial charge in [0.05, 0.1) is 16.3 Å². The molecule has 0 fully saturated rings. The van der Waals surface area contributed by atoms with Crippen molar-refractivity contribution in [2.75, 3.05) is 5.32 Å². The molecule has 0 aliphatic carbocycles. The van der Waals surface area contributed by atoms with E-state index in [4.69, 9.17) is 23.2 Å². The first-order valence-electron chi connectivity index (χ1n) is 7.66. The SMILES string of the molecule is O=C(CCCC(=O)Nc1ccc(Cl)c(Cl)c1)N/N=C\c1ccccc1. The quantitative estimate of drug-likeness (QED) is 0.559. The minimum absolute atomic E-state index is 0.195. The van der Waals surface area contributed by atoms with Gasteiger partial charge < -0.3 is 5.32 Å². The van der Waals surface area contributed by atoms with E-state index in [2.05, 4.69) is 15.8 Å². The second-order valence-corrected chi connectivity index (χ2v) is 6.05. The monoisotopic (exact) mass is 377 g/mol. The zero-order valence-electron chi connectivity index (χ0n) is 13.3. The van der Waals surface area contributed by atoms with E-state index in [1.165, 1.54) is 0 Å². The van der Waals surface area contributed by atoms with Gasteiger partial charge in [-0.25, -0.2) is 5.43 Å². The van der Waals surface area contributed by atoms with Gasteiger partial charge in [-0.2, -0.15) is 5.10 Å². The van der Waals surface area contributed by atoms with Crippen LogP contribution in [0.4, 0.5) is 5.69 Å².